The number of carbonyl (C=O) groups excluding carboxylic acids is 1. The van der Waals surface area contributed by atoms with E-state index in [2.05, 4.69) is 15.3 Å². The summed E-state index contributed by atoms with van der Waals surface area (Å²) in [5, 5.41) is 17.6. The maximum Gasteiger partial charge on any atom is 0.269 e. The first-order chi connectivity index (χ1) is 14.9. The summed E-state index contributed by atoms with van der Waals surface area (Å²) < 4.78 is 13.3. The number of aromatic hydroxyl groups is 1. The van der Waals surface area contributed by atoms with Crippen molar-refractivity contribution in [2.24, 2.45) is 7.05 Å². The zero-order valence-electron chi connectivity index (χ0n) is 18.6. The predicted octanol–water partition coefficient (Wildman–Crippen LogP) is 2.39. The fourth-order valence-corrected chi connectivity index (χ4v) is 4.75. The molecule has 3 heterocycles. The van der Waals surface area contributed by atoms with Gasteiger partial charge in [-0.15, -0.1) is 0 Å². The molecule has 2 saturated heterocycles. The Morgan fingerprint density at radius 2 is 2.13 bits per heavy atom. The first-order valence-electron chi connectivity index (χ1n) is 10.9. The van der Waals surface area contributed by atoms with Crippen LogP contribution in [-0.2, 0) is 18.3 Å². The molecule has 8 nitrogen and oxygen atoms in total. The first-order valence-corrected chi connectivity index (χ1v) is 10.9. The van der Waals surface area contributed by atoms with E-state index in [4.69, 9.17) is 9.47 Å². The number of aryl methyl sites for hydroxylation is 2. The Morgan fingerprint density at radius 1 is 1.35 bits per heavy atom. The minimum Gasteiger partial charge on any atom is -0.504 e. The molecular weight excluding hydrogens is 396 g/mol. The van der Waals surface area contributed by atoms with Crippen molar-refractivity contribution in [3.8, 4) is 11.5 Å². The Hall–Kier alpha value is -2.58. The van der Waals surface area contributed by atoms with Crippen LogP contribution in [0.15, 0.2) is 24.3 Å². The van der Waals surface area contributed by atoms with Crippen molar-refractivity contribution in [2.75, 3.05) is 26.7 Å². The van der Waals surface area contributed by atoms with Crippen molar-refractivity contribution in [2.45, 2.75) is 50.9 Å². The number of phenolic OH excluding ortho intramolecular Hbond substituents is 1. The lowest BCUT2D eigenvalue weighted by Gasteiger charge is -2.39. The molecule has 0 aliphatic carbocycles. The molecular formula is C23H32N4O4. The Morgan fingerprint density at radius 3 is 2.81 bits per heavy atom. The molecule has 1 atom stereocenters. The second-order valence-corrected chi connectivity index (χ2v) is 8.71. The number of carbonyl (C=O) groups is 1. The third-order valence-electron chi connectivity index (χ3n) is 6.53. The molecule has 2 aromatic rings. The number of hydrogen-bond donors (Lipinski definition) is 2. The molecule has 2 aliphatic rings. The third-order valence-corrected chi connectivity index (χ3v) is 6.53. The number of para-hydroxylation sites is 1. The largest absolute Gasteiger partial charge is 0.504 e. The SMILES string of the molecule is COc1cccc(CN2CCC3(CCC(CNC(=O)c4cc(C)nn4C)O3)CC2)c1O. The fraction of sp³-hybridized carbons (Fsp3) is 0.565. The molecule has 0 saturated carbocycles. The van der Waals surface area contributed by atoms with Crippen LogP contribution in [0.25, 0.3) is 0 Å². The van der Waals surface area contributed by atoms with Gasteiger partial charge in [0, 0.05) is 38.8 Å². The Labute approximate surface area is 183 Å². The van der Waals surface area contributed by atoms with E-state index < -0.39 is 0 Å². The van der Waals surface area contributed by atoms with Crippen LogP contribution in [0.5, 0.6) is 11.5 Å². The molecule has 1 aromatic carbocycles. The second-order valence-electron chi connectivity index (χ2n) is 8.71. The standard InChI is InChI=1S/C23H32N4O4/c1-16-13-19(26(2)25-16)22(29)24-14-18-7-8-23(31-18)9-11-27(12-10-23)15-17-5-4-6-20(30-3)21(17)28/h4-6,13,18,28H,7-12,14-15H2,1-3H3,(H,24,29). The summed E-state index contributed by atoms with van der Waals surface area (Å²) in [4.78, 5) is 14.8. The van der Waals surface area contributed by atoms with Crippen LogP contribution in [0.1, 0.15) is 47.4 Å². The normalized spacial score (nSPS) is 20.8. The van der Waals surface area contributed by atoms with E-state index in [1.807, 2.05) is 19.1 Å². The molecule has 2 aliphatic heterocycles. The average molecular weight is 429 g/mol. The number of hydrogen-bond acceptors (Lipinski definition) is 6. The number of ether oxygens (including phenoxy) is 2. The first kappa shape index (κ1) is 21.6. The minimum absolute atomic E-state index is 0.0484. The van der Waals surface area contributed by atoms with E-state index in [-0.39, 0.29) is 23.4 Å². The molecule has 2 fully saturated rings. The summed E-state index contributed by atoms with van der Waals surface area (Å²) >= 11 is 0. The monoisotopic (exact) mass is 428 g/mol. The molecule has 2 N–H and O–H groups in total. The van der Waals surface area contributed by atoms with Crippen molar-refractivity contribution in [3.63, 3.8) is 0 Å². The Balaban J connectivity index is 1.26. The number of amides is 1. The highest BCUT2D eigenvalue weighted by Crippen LogP contribution is 2.39. The molecule has 1 spiro atoms. The van der Waals surface area contributed by atoms with Gasteiger partial charge in [0.25, 0.3) is 5.91 Å². The van der Waals surface area contributed by atoms with Crippen LogP contribution in [0.2, 0.25) is 0 Å². The van der Waals surface area contributed by atoms with Gasteiger partial charge in [-0.05, 0) is 44.7 Å². The number of nitrogens with zero attached hydrogens (tertiary/aromatic N) is 3. The number of likely N-dealkylation sites (tertiary alicyclic amines) is 1. The summed E-state index contributed by atoms with van der Waals surface area (Å²) in [6.45, 7) is 4.94. The van der Waals surface area contributed by atoms with Gasteiger partial charge in [-0.1, -0.05) is 12.1 Å². The lowest BCUT2D eigenvalue weighted by atomic mass is 9.88. The van der Waals surface area contributed by atoms with Crippen LogP contribution in [0, 0.1) is 6.92 Å². The van der Waals surface area contributed by atoms with E-state index in [0.29, 0.717) is 24.5 Å². The Kier molecular flexibility index (Phi) is 6.20. The summed E-state index contributed by atoms with van der Waals surface area (Å²) in [6, 6.07) is 7.41. The van der Waals surface area contributed by atoms with E-state index in [1.165, 1.54) is 0 Å². The molecule has 8 heteroatoms. The van der Waals surface area contributed by atoms with E-state index in [1.54, 1.807) is 31.0 Å². The van der Waals surface area contributed by atoms with Crippen molar-refractivity contribution in [1.82, 2.24) is 20.0 Å². The summed E-state index contributed by atoms with van der Waals surface area (Å²) in [5.74, 6) is 0.624. The van der Waals surface area contributed by atoms with Gasteiger partial charge >= 0.3 is 0 Å². The van der Waals surface area contributed by atoms with Crippen molar-refractivity contribution < 1.29 is 19.4 Å². The summed E-state index contributed by atoms with van der Waals surface area (Å²) in [6.07, 6.45) is 3.96. The van der Waals surface area contributed by atoms with Gasteiger partial charge < -0.3 is 19.9 Å². The highest BCUT2D eigenvalue weighted by Gasteiger charge is 2.42. The van der Waals surface area contributed by atoms with Gasteiger partial charge in [0.05, 0.1) is 24.5 Å². The van der Waals surface area contributed by atoms with Gasteiger partial charge in [0.15, 0.2) is 11.5 Å². The fourth-order valence-electron chi connectivity index (χ4n) is 4.75. The second kappa shape index (κ2) is 8.88. The van der Waals surface area contributed by atoms with Crippen LogP contribution < -0.4 is 10.1 Å². The van der Waals surface area contributed by atoms with Gasteiger partial charge in [0.1, 0.15) is 5.69 Å². The molecule has 4 rings (SSSR count). The van der Waals surface area contributed by atoms with Gasteiger partial charge in [-0.3, -0.25) is 14.4 Å². The minimum atomic E-state index is -0.111. The maximum atomic E-state index is 12.4. The molecule has 1 amide bonds. The van der Waals surface area contributed by atoms with Crippen LogP contribution in [0.4, 0.5) is 0 Å². The van der Waals surface area contributed by atoms with Crippen molar-refractivity contribution in [3.05, 3.63) is 41.2 Å². The molecule has 1 aromatic heterocycles. The topological polar surface area (TPSA) is 88.9 Å². The number of phenols is 1. The zero-order valence-corrected chi connectivity index (χ0v) is 18.6. The average Bonchev–Trinajstić information content (AvgIpc) is 3.32. The van der Waals surface area contributed by atoms with Gasteiger partial charge in [-0.2, -0.15) is 5.10 Å². The van der Waals surface area contributed by atoms with E-state index >= 15 is 0 Å². The third kappa shape index (κ3) is 4.70. The van der Waals surface area contributed by atoms with Crippen LogP contribution >= 0.6 is 0 Å². The molecule has 0 bridgehead atoms. The molecule has 168 valence electrons. The van der Waals surface area contributed by atoms with Gasteiger partial charge in [0.2, 0.25) is 0 Å². The number of nitrogens with one attached hydrogen (secondary N) is 1. The highest BCUT2D eigenvalue weighted by molar-refractivity contribution is 5.92. The smallest absolute Gasteiger partial charge is 0.269 e. The van der Waals surface area contributed by atoms with Crippen LogP contribution in [0.3, 0.4) is 0 Å². The predicted molar refractivity (Wildman–Crippen MR) is 116 cm³/mol. The molecule has 31 heavy (non-hydrogen) atoms. The summed E-state index contributed by atoms with van der Waals surface area (Å²) in [5.41, 5.74) is 2.19. The van der Waals surface area contributed by atoms with Crippen molar-refractivity contribution >= 4 is 5.91 Å². The maximum absolute atomic E-state index is 12.4. The number of benzene rings is 1. The number of aromatic nitrogens is 2. The van der Waals surface area contributed by atoms with E-state index in [9.17, 15) is 9.90 Å². The number of piperidine rings is 1. The van der Waals surface area contributed by atoms with Crippen LogP contribution in [-0.4, -0.2) is 64.1 Å². The lowest BCUT2D eigenvalue weighted by molar-refractivity contribution is -0.0765. The number of methoxy groups -OCH3 is 1. The molecule has 0 radical (unpaired) electrons. The highest BCUT2D eigenvalue weighted by atomic mass is 16.5. The van der Waals surface area contributed by atoms with E-state index in [0.717, 1.165) is 50.0 Å². The Bertz CT molecular complexity index is 934. The number of rotatable bonds is 6. The zero-order chi connectivity index (χ0) is 22.0. The summed E-state index contributed by atoms with van der Waals surface area (Å²) in [7, 11) is 3.35. The molecule has 1 unspecified atom stereocenters. The lowest BCUT2D eigenvalue weighted by Crippen LogP contribution is -2.45. The van der Waals surface area contributed by atoms with Gasteiger partial charge in [-0.25, -0.2) is 0 Å². The van der Waals surface area contributed by atoms with Crippen molar-refractivity contribution in [1.29, 1.82) is 0 Å². The quantitative estimate of drug-likeness (QED) is 0.735.